The van der Waals surface area contributed by atoms with Crippen LogP contribution in [0, 0.1) is 0 Å². The van der Waals surface area contributed by atoms with Gasteiger partial charge in [0.25, 0.3) is 0 Å². The molecule has 3 heterocycles. The Hall–Kier alpha value is -4.98. The molecule has 2 unspecified atom stereocenters. The summed E-state index contributed by atoms with van der Waals surface area (Å²) in [6.45, 7) is 3.78. The van der Waals surface area contributed by atoms with Crippen LogP contribution in [0.2, 0.25) is 0 Å². The minimum atomic E-state index is 0.0827. The molecule has 6 aromatic rings. The maximum atomic E-state index is 2.72. The van der Waals surface area contributed by atoms with Crippen LogP contribution in [0.4, 0.5) is 11.4 Å². The highest BCUT2D eigenvalue weighted by Gasteiger charge is 2.44. The molecule has 6 aromatic carbocycles. The van der Waals surface area contributed by atoms with Crippen LogP contribution in [0.15, 0.2) is 182 Å². The number of hydrogen-bond acceptors (Lipinski definition) is 6. The van der Waals surface area contributed by atoms with Gasteiger partial charge >= 0.3 is 0 Å². The largest absolute Gasteiger partial charge is 0.291 e. The summed E-state index contributed by atoms with van der Waals surface area (Å²) in [7, 11) is 0. The van der Waals surface area contributed by atoms with Crippen molar-refractivity contribution >= 4 is 56.2 Å². The van der Waals surface area contributed by atoms with Gasteiger partial charge in [0.1, 0.15) is 12.3 Å². The third-order valence-corrected chi connectivity index (χ3v) is 12.6. The van der Waals surface area contributed by atoms with Crippen LogP contribution in [0.1, 0.15) is 22.3 Å². The highest BCUT2D eigenvalue weighted by Crippen LogP contribution is 2.53. The van der Waals surface area contributed by atoms with Crippen LogP contribution in [-0.4, -0.2) is 48.3 Å². The molecular weight excluding hydrogens is 673 g/mol. The first-order chi connectivity index (χ1) is 25.8. The van der Waals surface area contributed by atoms with Crippen LogP contribution < -0.4 is 8.61 Å². The summed E-state index contributed by atoms with van der Waals surface area (Å²) >= 11 is 3.76. The molecule has 52 heavy (non-hydrogen) atoms. The monoisotopic (exact) mass is 712 g/mol. The predicted octanol–water partition coefficient (Wildman–Crippen LogP) is 10.7. The Morgan fingerprint density at radius 3 is 0.904 bits per heavy atom. The van der Waals surface area contributed by atoms with E-state index in [1.54, 1.807) is 0 Å². The average Bonchev–Trinajstić information content (AvgIpc) is 3.84. The fourth-order valence-electron chi connectivity index (χ4n) is 7.68. The molecule has 6 heteroatoms. The van der Waals surface area contributed by atoms with Gasteiger partial charge in [-0.15, -0.1) is 0 Å². The van der Waals surface area contributed by atoms with Crippen molar-refractivity contribution in [3.63, 3.8) is 0 Å². The molecule has 0 radical (unpaired) electrons. The van der Waals surface area contributed by atoms with Gasteiger partial charge in [-0.3, -0.25) is 18.4 Å². The summed E-state index contributed by atoms with van der Waals surface area (Å²) < 4.78 is 5.09. The zero-order valence-corrected chi connectivity index (χ0v) is 30.5. The van der Waals surface area contributed by atoms with Crippen molar-refractivity contribution in [2.24, 2.45) is 0 Å². The Morgan fingerprint density at radius 2 is 0.596 bits per heavy atom. The third-order valence-electron chi connectivity index (χ3n) is 10.1. The number of nitrogens with zero attached hydrogens (tertiary/aromatic N) is 4. The highest BCUT2D eigenvalue weighted by atomic mass is 32.2. The standard InChI is InChI=1S/C46H40N4S2/c1-7-19-35(20-8-1)41-43(37-23-11-3-12-24-37)51-49(39-27-15-5-16-28-39)45(41)47-31-33-48(34-32-47)46-42(36-21-9-2-10-22-36)44(38-25-13-4-14-26-38)52-50(46)40-29-17-6-18-30-40/h1-30,45-46H,31-34H2. The van der Waals surface area contributed by atoms with Gasteiger partial charge in [0.05, 0.1) is 0 Å². The van der Waals surface area contributed by atoms with Crippen molar-refractivity contribution in [2.45, 2.75) is 12.3 Å². The van der Waals surface area contributed by atoms with Crippen LogP contribution in [-0.2, 0) is 0 Å². The molecule has 0 amide bonds. The lowest BCUT2D eigenvalue weighted by molar-refractivity contribution is 0.107. The number of anilines is 2. The van der Waals surface area contributed by atoms with Crippen molar-refractivity contribution in [3.8, 4) is 0 Å². The van der Waals surface area contributed by atoms with Crippen molar-refractivity contribution in [3.05, 3.63) is 204 Å². The summed E-state index contributed by atoms with van der Waals surface area (Å²) in [5.41, 5.74) is 10.3. The van der Waals surface area contributed by atoms with Crippen LogP contribution in [0.5, 0.6) is 0 Å². The van der Waals surface area contributed by atoms with Gasteiger partial charge in [-0.1, -0.05) is 158 Å². The van der Waals surface area contributed by atoms with Crippen molar-refractivity contribution in [1.29, 1.82) is 0 Å². The first-order valence-corrected chi connectivity index (χ1v) is 19.6. The smallest absolute Gasteiger partial charge is 0.121 e. The SMILES string of the molecule is c1ccc(C2=C(c3ccccc3)C(N3CCN(C4C(c5ccccc5)=C(c5ccccc5)SN4c4ccccc4)CC3)N(c3ccccc3)S2)cc1. The zero-order valence-electron chi connectivity index (χ0n) is 28.9. The first-order valence-electron chi connectivity index (χ1n) is 18.1. The molecule has 1 saturated heterocycles. The minimum absolute atomic E-state index is 0.0827. The summed E-state index contributed by atoms with van der Waals surface area (Å²) in [5.74, 6) is 0. The molecular formula is C46H40N4S2. The molecule has 2 atom stereocenters. The lowest BCUT2D eigenvalue weighted by Crippen LogP contribution is -2.58. The fraction of sp³-hybridized carbons (Fsp3) is 0.130. The third kappa shape index (κ3) is 6.37. The Morgan fingerprint density at radius 1 is 0.327 bits per heavy atom. The maximum absolute atomic E-state index is 2.72. The Bertz CT molecular complexity index is 1990. The molecule has 9 rings (SSSR count). The molecule has 1 fully saturated rings. The van der Waals surface area contributed by atoms with Gasteiger partial charge in [0.15, 0.2) is 0 Å². The maximum Gasteiger partial charge on any atom is 0.121 e. The number of rotatable bonds is 8. The molecule has 4 nitrogen and oxygen atoms in total. The molecule has 0 aliphatic carbocycles. The van der Waals surface area contributed by atoms with E-state index >= 15 is 0 Å². The Labute approximate surface area is 316 Å². The molecule has 0 aromatic heterocycles. The second-order valence-corrected chi connectivity index (χ2v) is 15.2. The quantitative estimate of drug-likeness (QED) is 0.145. The summed E-state index contributed by atoms with van der Waals surface area (Å²) in [4.78, 5) is 8.08. The van der Waals surface area contributed by atoms with Crippen molar-refractivity contribution in [2.75, 3.05) is 34.8 Å². The number of piperazine rings is 1. The van der Waals surface area contributed by atoms with E-state index in [2.05, 4.69) is 200 Å². The van der Waals surface area contributed by atoms with Gasteiger partial charge in [-0.05, 0) is 70.4 Å². The van der Waals surface area contributed by atoms with E-state index in [1.807, 2.05) is 23.9 Å². The van der Waals surface area contributed by atoms with E-state index in [0.717, 1.165) is 26.2 Å². The van der Waals surface area contributed by atoms with Gasteiger partial charge in [0, 0.05) is 58.5 Å². The molecule has 256 valence electrons. The zero-order chi connectivity index (χ0) is 34.7. The lowest BCUT2D eigenvalue weighted by Gasteiger charge is -2.45. The van der Waals surface area contributed by atoms with E-state index in [1.165, 1.54) is 54.6 Å². The first kappa shape index (κ1) is 32.9. The van der Waals surface area contributed by atoms with Crippen molar-refractivity contribution < 1.29 is 0 Å². The predicted molar refractivity (Wildman–Crippen MR) is 223 cm³/mol. The average molecular weight is 713 g/mol. The normalized spacial score (nSPS) is 19.8. The molecule has 0 saturated carbocycles. The topological polar surface area (TPSA) is 13.0 Å². The summed E-state index contributed by atoms with van der Waals surface area (Å²) in [6, 6.07) is 65.8. The molecule has 0 spiro atoms. The Kier molecular flexibility index (Phi) is 9.45. The van der Waals surface area contributed by atoms with Gasteiger partial charge < -0.3 is 0 Å². The molecule has 0 bridgehead atoms. The van der Waals surface area contributed by atoms with E-state index in [0.29, 0.717) is 0 Å². The van der Waals surface area contributed by atoms with Gasteiger partial charge in [-0.2, -0.15) is 0 Å². The van der Waals surface area contributed by atoms with Crippen molar-refractivity contribution in [1.82, 2.24) is 9.80 Å². The fourth-order valence-corrected chi connectivity index (χ4v) is 10.3. The van der Waals surface area contributed by atoms with E-state index in [9.17, 15) is 0 Å². The number of hydrogen-bond donors (Lipinski definition) is 0. The van der Waals surface area contributed by atoms with Crippen LogP contribution in [0.25, 0.3) is 21.0 Å². The van der Waals surface area contributed by atoms with E-state index in [-0.39, 0.29) is 12.3 Å². The molecule has 3 aliphatic rings. The van der Waals surface area contributed by atoms with Gasteiger partial charge in [0.2, 0.25) is 0 Å². The van der Waals surface area contributed by atoms with Gasteiger partial charge in [-0.25, -0.2) is 0 Å². The van der Waals surface area contributed by atoms with Crippen LogP contribution in [0.3, 0.4) is 0 Å². The second kappa shape index (κ2) is 14.9. The minimum Gasteiger partial charge on any atom is -0.291 e. The van der Waals surface area contributed by atoms with E-state index in [4.69, 9.17) is 0 Å². The second-order valence-electron chi connectivity index (χ2n) is 13.3. The van der Waals surface area contributed by atoms with E-state index < -0.39 is 0 Å². The molecule has 3 aliphatic heterocycles. The number of benzene rings is 6. The molecule has 0 N–H and O–H groups in total. The highest BCUT2D eigenvalue weighted by molar-refractivity contribution is 8.10. The summed E-state index contributed by atoms with van der Waals surface area (Å²) in [6.07, 6.45) is 0.165. The summed E-state index contributed by atoms with van der Waals surface area (Å²) in [5, 5.41) is 0. The Balaban J connectivity index is 1.11. The lowest BCUT2D eigenvalue weighted by atomic mass is 9.97. The van der Waals surface area contributed by atoms with Crippen LogP contribution >= 0.6 is 23.9 Å². The number of para-hydroxylation sites is 2.